The first-order valence-electron chi connectivity index (χ1n) is 8.42. The Morgan fingerprint density at radius 3 is 2.48 bits per heavy atom. The van der Waals surface area contributed by atoms with Crippen molar-refractivity contribution in [1.82, 2.24) is 10.2 Å². The first kappa shape index (κ1) is 15.8. The molecular weight excluding hydrogens is 290 g/mol. The minimum atomic E-state index is 0.0680. The van der Waals surface area contributed by atoms with Crippen LogP contribution >= 0.6 is 0 Å². The van der Waals surface area contributed by atoms with Gasteiger partial charge in [-0.3, -0.25) is 9.59 Å². The molecule has 1 N–H and O–H groups in total. The maximum Gasteiger partial charge on any atom is 0.254 e. The van der Waals surface area contributed by atoms with E-state index in [1.807, 2.05) is 48.2 Å². The maximum atomic E-state index is 12.7. The van der Waals surface area contributed by atoms with Crippen LogP contribution in [0, 0.1) is 5.92 Å². The molecule has 1 atom stereocenters. The predicted molar refractivity (Wildman–Crippen MR) is 90.6 cm³/mol. The van der Waals surface area contributed by atoms with Gasteiger partial charge in [0.15, 0.2) is 0 Å². The third-order valence-corrected chi connectivity index (χ3v) is 4.73. The van der Waals surface area contributed by atoms with Gasteiger partial charge in [-0.15, -0.1) is 0 Å². The third-order valence-electron chi connectivity index (χ3n) is 4.73. The molecule has 1 heterocycles. The molecule has 0 radical (unpaired) electrons. The van der Waals surface area contributed by atoms with Gasteiger partial charge in [-0.1, -0.05) is 0 Å². The molecule has 1 saturated carbocycles. The first-order valence-corrected chi connectivity index (χ1v) is 8.42. The number of likely N-dealkylation sites (tertiary alicyclic amines) is 1. The number of carbonyl (C=O) groups is 2. The van der Waals surface area contributed by atoms with E-state index in [0.717, 1.165) is 43.5 Å². The van der Waals surface area contributed by atoms with Gasteiger partial charge in [-0.05, 0) is 49.9 Å². The number of nitrogens with zero attached hydrogens (tertiary/aromatic N) is 2. The molecule has 0 spiro atoms. The molecule has 1 aliphatic carbocycles. The van der Waals surface area contributed by atoms with Gasteiger partial charge in [0.2, 0.25) is 5.91 Å². The topological polar surface area (TPSA) is 52.7 Å². The molecule has 2 amide bonds. The summed E-state index contributed by atoms with van der Waals surface area (Å²) in [7, 11) is 3.96. The first-order chi connectivity index (χ1) is 11.1. The summed E-state index contributed by atoms with van der Waals surface area (Å²) in [6, 6.07) is 7.82. The van der Waals surface area contributed by atoms with E-state index in [1.165, 1.54) is 0 Å². The fourth-order valence-electron chi connectivity index (χ4n) is 3.09. The Morgan fingerprint density at radius 2 is 1.87 bits per heavy atom. The number of hydrogen-bond donors (Lipinski definition) is 1. The van der Waals surface area contributed by atoms with Gasteiger partial charge in [-0.25, -0.2) is 0 Å². The Hall–Kier alpha value is -2.04. The molecule has 3 rings (SSSR count). The summed E-state index contributed by atoms with van der Waals surface area (Å²) in [5.41, 5.74) is 1.80. The highest BCUT2D eigenvalue weighted by Gasteiger charge is 2.33. The van der Waals surface area contributed by atoms with Crippen molar-refractivity contribution in [2.45, 2.75) is 31.7 Å². The lowest BCUT2D eigenvalue weighted by atomic mass is 10.1. The quantitative estimate of drug-likeness (QED) is 0.903. The van der Waals surface area contributed by atoms with Crippen LogP contribution in [0.3, 0.4) is 0 Å². The maximum absolute atomic E-state index is 12.7. The highest BCUT2D eigenvalue weighted by atomic mass is 16.2. The lowest BCUT2D eigenvalue weighted by Crippen LogP contribution is -2.43. The van der Waals surface area contributed by atoms with Gasteiger partial charge in [0, 0.05) is 50.4 Å². The molecule has 23 heavy (non-hydrogen) atoms. The van der Waals surface area contributed by atoms with Crippen molar-refractivity contribution < 1.29 is 9.59 Å². The molecule has 2 aliphatic rings. The van der Waals surface area contributed by atoms with Crippen molar-refractivity contribution in [2.24, 2.45) is 5.92 Å². The van der Waals surface area contributed by atoms with Gasteiger partial charge >= 0.3 is 0 Å². The minimum Gasteiger partial charge on any atom is -0.378 e. The molecule has 124 valence electrons. The van der Waals surface area contributed by atoms with E-state index in [9.17, 15) is 9.59 Å². The largest absolute Gasteiger partial charge is 0.378 e. The molecule has 1 aromatic rings. The summed E-state index contributed by atoms with van der Waals surface area (Å²) in [5, 5.41) is 3.01. The second kappa shape index (κ2) is 6.60. The molecular formula is C18H25N3O2. The lowest BCUT2D eigenvalue weighted by Gasteiger charge is -2.25. The molecule has 5 nitrogen and oxygen atoms in total. The Morgan fingerprint density at radius 1 is 1.17 bits per heavy atom. The molecule has 1 aromatic carbocycles. The molecule has 0 unspecified atom stereocenters. The summed E-state index contributed by atoms with van der Waals surface area (Å²) in [6.07, 6.45) is 3.99. The molecule has 1 saturated heterocycles. The predicted octanol–water partition coefficient (Wildman–Crippen LogP) is 1.88. The van der Waals surface area contributed by atoms with E-state index in [2.05, 4.69) is 5.32 Å². The van der Waals surface area contributed by atoms with Crippen molar-refractivity contribution in [1.29, 1.82) is 0 Å². The summed E-state index contributed by atoms with van der Waals surface area (Å²) < 4.78 is 0. The third kappa shape index (κ3) is 3.66. The van der Waals surface area contributed by atoms with E-state index >= 15 is 0 Å². The number of anilines is 1. The molecule has 0 aromatic heterocycles. The lowest BCUT2D eigenvalue weighted by molar-refractivity contribution is -0.122. The van der Waals surface area contributed by atoms with Crippen LogP contribution in [0.15, 0.2) is 24.3 Å². The average molecular weight is 315 g/mol. The summed E-state index contributed by atoms with van der Waals surface area (Å²) in [6.45, 7) is 1.36. The van der Waals surface area contributed by atoms with Gasteiger partial charge < -0.3 is 15.1 Å². The normalized spacial score (nSPS) is 20.4. The van der Waals surface area contributed by atoms with Crippen molar-refractivity contribution in [3.8, 4) is 0 Å². The number of carbonyl (C=O) groups excluding carboxylic acids is 2. The Labute approximate surface area is 137 Å². The molecule has 1 aliphatic heterocycles. The highest BCUT2D eigenvalue weighted by molar-refractivity contribution is 5.95. The summed E-state index contributed by atoms with van der Waals surface area (Å²) in [5.74, 6) is 0.442. The number of benzene rings is 1. The number of rotatable bonds is 5. The van der Waals surface area contributed by atoms with Gasteiger partial charge in [-0.2, -0.15) is 0 Å². The second-order valence-corrected chi connectivity index (χ2v) is 6.76. The summed E-state index contributed by atoms with van der Waals surface area (Å²) in [4.78, 5) is 28.4. The van der Waals surface area contributed by atoms with Crippen molar-refractivity contribution in [3.63, 3.8) is 0 Å². The minimum absolute atomic E-state index is 0.0680. The molecule has 5 heteroatoms. The molecule has 0 bridgehead atoms. The Balaban J connectivity index is 1.61. The fraction of sp³-hybridized carbons (Fsp3) is 0.556. The second-order valence-electron chi connectivity index (χ2n) is 6.76. The number of nitrogens with one attached hydrogen (secondary N) is 1. The van der Waals surface area contributed by atoms with Crippen molar-refractivity contribution >= 4 is 17.5 Å². The average Bonchev–Trinajstić information content (AvgIpc) is 3.30. The van der Waals surface area contributed by atoms with Crippen molar-refractivity contribution in [2.75, 3.05) is 32.1 Å². The Kier molecular flexibility index (Phi) is 4.55. The van der Waals surface area contributed by atoms with Crippen LogP contribution in [0.25, 0.3) is 0 Å². The van der Waals surface area contributed by atoms with E-state index in [0.29, 0.717) is 6.54 Å². The zero-order valence-corrected chi connectivity index (χ0v) is 13.9. The van der Waals surface area contributed by atoms with Crippen LogP contribution in [0.4, 0.5) is 5.69 Å². The van der Waals surface area contributed by atoms with Crippen LogP contribution in [0.5, 0.6) is 0 Å². The van der Waals surface area contributed by atoms with Crippen LogP contribution in [0.1, 0.15) is 36.0 Å². The van der Waals surface area contributed by atoms with Crippen LogP contribution in [-0.2, 0) is 4.79 Å². The highest BCUT2D eigenvalue weighted by Crippen LogP contribution is 2.29. The van der Waals surface area contributed by atoms with Gasteiger partial charge in [0.05, 0.1) is 0 Å². The van der Waals surface area contributed by atoms with Crippen LogP contribution in [-0.4, -0.2) is 49.9 Å². The standard InChI is InChI=1S/C18H25N3O2/c1-20(2)15-9-7-14(8-10-15)18(23)21-11-3-4-16(21)12-19-17(22)13-5-6-13/h7-10,13,16H,3-6,11-12H2,1-2H3,(H,19,22)/t16-/m1/s1. The van der Waals surface area contributed by atoms with E-state index < -0.39 is 0 Å². The molecule has 2 fully saturated rings. The van der Waals surface area contributed by atoms with E-state index in [1.54, 1.807) is 0 Å². The van der Waals surface area contributed by atoms with E-state index in [4.69, 9.17) is 0 Å². The summed E-state index contributed by atoms with van der Waals surface area (Å²) >= 11 is 0. The van der Waals surface area contributed by atoms with Crippen molar-refractivity contribution in [3.05, 3.63) is 29.8 Å². The van der Waals surface area contributed by atoms with Crippen LogP contribution in [0.2, 0.25) is 0 Å². The fourth-order valence-corrected chi connectivity index (χ4v) is 3.09. The zero-order chi connectivity index (χ0) is 16.4. The number of amides is 2. The smallest absolute Gasteiger partial charge is 0.254 e. The van der Waals surface area contributed by atoms with E-state index in [-0.39, 0.29) is 23.8 Å². The monoisotopic (exact) mass is 315 g/mol. The zero-order valence-electron chi connectivity index (χ0n) is 13.9. The van der Waals surface area contributed by atoms with Crippen LogP contribution < -0.4 is 10.2 Å². The van der Waals surface area contributed by atoms with Gasteiger partial charge in [0.25, 0.3) is 5.91 Å². The number of hydrogen-bond acceptors (Lipinski definition) is 3. The Bertz CT molecular complexity index is 578. The SMILES string of the molecule is CN(C)c1ccc(C(=O)N2CCC[C@@H]2CNC(=O)C2CC2)cc1. The van der Waals surface area contributed by atoms with Gasteiger partial charge in [0.1, 0.15) is 0 Å².